The van der Waals surface area contributed by atoms with E-state index in [2.05, 4.69) is 9.88 Å². The van der Waals surface area contributed by atoms with Gasteiger partial charge in [-0.25, -0.2) is 0 Å². The number of aliphatic carboxylic acids is 1. The van der Waals surface area contributed by atoms with Crippen LogP contribution in [0.2, 0.25) is 0 Å². The van der Waals surface area contributed by atoms with Crippen LogP contribution in [0.5, 0.6) is 5.75 Å². The second-order valence-corrected chi connectivity index (χ2v) is 7.52. The summed E-state index contributed by atoms with van der Waals surface area (Å²) in [6, 6.07) is 12.5. The maximum atomic E-state index is 12.2. The lowest BCUT2D eigenvalue weighted by molar-refractivity contribution is -0.143. The molecule has 3 aromatic rings. The van der Waals surface area contributed by atoms with E-state index in [1.807, 2.05) is 47.4 Å². The van der Waals surface area contributed by atoms with Crippen molar-refractivity contribution in [1.29, 1.82) is 0 Å². The van der Waals surface area contributed by atoms with Crippen LogP contribution in [0.25, 0.3) is 10.9 Å². The number of nitrogens with zero attached hydrogens (tertiary/aromatic N) is 2. The van der Waals surface area contributed by atoms with Gasteiger partial charge >= 0.3 is 5.97 Å². The molecule has 2 heterocycles. The van der Waals surface area contributed by atoms with Crippen LogP contribution in [0.4, 0.5) is 5.69 Å². The molecular formula is C23H25N3O4. The lowest BCUT2D eigenvalue weighted by atomic mass is 10.0. The number of carboxylic acid groups (broad SMARTS) is 1. The third-order valence-corrected chi connectivity index (χ3v) is 5.77. The molecule has 1 aliphatic rings. The van der Waals surface area contributed by atoms with Crippen molar-refractivity contribution >= 4 is 28.3 Å². The predicted octanol–water partition coefficient (Wildman–Crippen LogP) is 3.33. The first-order valence-electron chi connectivity index (χ1n) is 9.96. The molecule has 1 saturated heterocycles. The smallest absolute Gasteiger partial charge is 0.325 e. The van der Waals surface area contributed by atoms with Gasteiger partial charge in [0.25, 0.3) is 0 Å². The zero-order valence-electron chi connectivity index (χ0n) is 17.1. The summed E-state index contributed by atoms with van der Waals surface area (Å²) in [5.74, 6) is -0.115. The zero-order valence-corrected chi connectivity index (χ0v) is 17.1. The fourth-order valence-electron chi connectivity index (χ4n) is 4.11. The normalized spacial score (nSPS) is 15.9. The number of rotatable bonds is 6. The molecule has 0 amide bonds. The number of carbonyl (C=O) groups is 2. The number of ketones is 1. The number of fused-ring (bicyclic) bond motifs is 1. The summed E-state index contributed by atoms with van der Waals surface area (Å²) in [7, 11) is 1.60. The molecule has 1 fully saturated rings. The Kier molecular flexibility index (Phi) is 5.46. The Morgan fingerprint density at radius 2 is 1.77 bits per heavy atom. The van der Waals surface area contributed by atoms with Crippen LogP contribution in [-0.2, 0) is 4.79 Å². The van der Waals surface area contributed by atoms with Gasteiger partial charge in [-0.3, -0.25) is 14.5 Å². The zero-order chi connectivity index (χ0) is 21.3. The molecule has 1 aromatic heterocycles. The number of nitrogens with one attached hydrogen (secondary N) is 1. The van der Waals surface area contributed by atoms with E-state index in [0.717, 1.165) is 35.2 Å². The summed E-state index contributed by atoms with van der Waals surface area (Å²) >= 11 is 0. The number of methoxy groups -OCH3 is 1. The van der Waals surface area contributed by atoms with Crippen molar-refractivity contribution in [2.75, 3.05) is 38.2 Å². The van der Waals surface area contributed by atoms with Crippen molar-refractivity contribution in [1.82, 2.24) is 9.88 Å². The van der Waals surface area contributed by atoms with Gasteiger partial charge in [-0.15, -0.1) is 0 Å². The molecule has 156 valence electrons. The molecule has 1 atom stereocenters. The number of benzene rings is 2. The monoisotopic (exact) mass is 407 g/mol. The third-order valence-electron chi connectivity index (χ3n) is 5.77. The van der Waals surface area contributed by atoms with E-state index in [9.17, 15) is 14.7 Å². The number of H-pyrrole nitrogens is 1. The van der Waals surface area contributed by atoms with Gasteiger partial charge in [0, 0.05) is 60.1 Å². The minimum atomic E-state index is -0.863. The maximum Gasteiger partial charge on any atom is 0.325 e. The highest BCUT2D eigenvalue weighted by Gasteiger charge is 2.32. The lowest BCUT2D eigenvalue weighted by Crippen LogP contribution is -2.49. The van der Waals surface area contributed by atoms with Crippen molar-refractivity contribution in [3.8, 4) is 5.75 Å². The average molecular weight is 407 g/mol. The van der Waals surface area contributed by atoms with Gasteiger partial charge in [0.05, 0.1) is 7.11 Å². The van der Waals surface area contributed by atoms with Crippen LogP contribution in [0.15, 0.2) is 48.7 Å². The number of carbonyl (C=O) groups excluding carboxylic acids is 1. The Balaban J connectivity index is 1.53. The topological polar surface area (TPSA) is 85.9 Å². The highest BCUT2D eigenvalue weighted by atomic mass is 16.5. The summed E-state index contributed by atoms with van der Waals surface area (Å²) in [4.78, 5) is 31.1. The van der Waals surface area contributed by atoms with E-state index in [0.29, 0.717) is 24.4 Å². The minimum Gasteiger partial charge on any atom is -0.497 e. The van der Waals surface area contributed by atoms with Gasteiger partial charge in [-0.2, -0.15) is 0 Å². The quantitative estimate of drug-likeness (QED) is 0.610. The van der Waals surface area contributed by atoms with Crippen molar-refractivity contribution < 1.29 is 19.4 Å². The van der Waals surface area contributed by atoms with E-state index < -0.39 is 12.0 Å². The van der Waals surface area contributed by atoms with Crippen molar-refractivity contribution in [2.45, 2.75) is 13.0 Å². The highest BCUT2D eigenvalue weighted by molar-refractivity contribution is 5.94. The molecule has 2 aromatic carbocycles. The van der Waals surface area contributed by atoms with Gasteiger partial charge in [-0.1, -0.05) is 0 Å². The fraction of sp³-hybridized carbons (Fsp3) is 0.304. The van der Waals surface area contributed by atoms with Crippen LogP contribution in [-0.4, -0.2) is 60.0 Å². The number of carboxylic acids is 1. The minimum absolute atomic E-state index is 0.0472. The summed E-state index contributed by atoms with van der Waals surface area (Å²) in [5.41, 5.74) is 3.37. The van der Waals surface area contributed by atoms with Crippen LogP contribution in [0.3, 0.4) is 0 Å². The number of aromatic amines is 1. The third kappa shape index (κ3) is 3.76. The number of anilines is 1. The fourth-order valence-corrected chi connectivity index (χ4v) is 4.11. The highest BCUT2D eigenvalue weighted by Crippen LogP contribution is 2.32. The summed E-state index contributed by atoms with van der Waals surface area (Å²) in [6.07, 6.45) is 1.79. The molecule has 0 saturated carbocycles. The second-order valence-electron chi connectivity index (χ2n) is 7.52. The van der Waals surface area contributed by atoms with E-state index >= 15 is 0 Å². The Bertz CT molecular complexity index is 1070. The van der Waals surface area contributed by atoms with Crippen molar-refractivity contribution in [2.24, 2.45) is 0 Å². The Morgan fingerprint density at radius 3 is 2.37 bits per heavy atom. The molecule has 0 aliphatic carbocycles. The number of hydrogen-bond donors (Lipinski definition) is 2. The maximum absolute atomic E-state index is 12.2. The SMILES string of the molecule is COc1ccc2[nH]cc([C@@H](C(=O)O)N3CCN(c4ccc(C(C)=O)cc4)CC3)c2c1. The lowest BCUT2D eigenvalue weighted by Gasteiger charge is -2.38. The largest absolute Gasteiger partial charge is 0.497 e. The molecule has 4 rings (SSSR count). The number of aromatic nitrogens is 1. The molecule has 0 radical (unpaired) electrons. The molecule has 30 heavy (non-hydrogen) atoms. The summed E-state index contributed by atoms with van der Waals surface area (Å²) in [5, 5.41) is 10.9. The number of Topliss-reactive ketones (excluding diaryl/α,β-unsaturated/α-hetero) is 1. The molecule has 2 N–H and O–H groups in total. The average Bonchev–Trinajstić information content (AvgIpc) is 3.17. The van der Waals surface area contributed by atoms with Crippen LogP contribution in [0, 0.1) is 0 Å². The molecule has 0 bridgehead atoms. The first kappa shape index (κ1) is 20.0. The molecule has 7 heteroatoms. The predicted molar refractivity (Wildman–Crippen MR) is 115 cm³/mol. The van der Waals surface area contributed by atoms with Gasteiger partial charge < -0.3 is 19.7 Å². The van der Waals surface area contributed by atoms with Gasteiger partial charge in [0.2, 0.25) is 0 Å². The number of piperazine rings is 1. The van der Waals surface area contributed by atoms with Crippen molar-refractivity contribution in [3.63, 3.8) is 0 Å². The second kappa shape index (κ2) is 8.20. The Morgan fingerprint density at radius 1 is 1.07 bits per heavy atom. The summed E-state index contributed by atoms with van der Waals surface area (Å²) in [6.45, 7) is 4.24. The molecule has 0 unspecified atom stereocenters. The number of hydrogen-bond acceptors (Lipinski definition) is 5. The van der Waals surface area contributed by atoms with Crippen LogP contribution in [0.1, 0.15) is 28.9 Å². The van der Waals surface area contributed by atoms with Gasteiger partial charge in [0.15, 0.2) is 5.78 Å². The van der Waals surface area contributed by atoms with Crippen LogP contribution < -0.4 is 9.64 Å². The Labute approximate surface area is 174 Å². The van der Waals surface area contributed by atoms with Gasteiger partial charge in [-0.05, 0) is 49.4 Å². The van der Waals surface area contributed by atoms with E-state index in [-0.39, 0.29) is 5.78 Å². The van der Waals surface area contributed by atoms with E-state index in [1.165, 1.54) is 0 Å². The number of ether oxygens (including phenoxy) is 1. The van der Waals surface area contributed by atoms with E-state index in [4.69, 9.17) is 4.74 Å². The van der Waals surface area contributed by atoms with Gasteiger partial charge in [0.1, 0.15) is 11.8 Å². The summed E-state index contributed by atoms with van der Waals surface area (Å²) < 4.78 is 5.32. The molecule has 7 nitrogen and oxygen atoms in total. The van der Waals surface area contributed by atoms with E-state index in [1.54, 1.807) is 20.2 Å². The van der Waals surface area contributed by atoms with Crippen LogP contribution >= 0.6 is 0 Å². The van der Waals surface area contributed by atoms with Crippen molar-refractivity contribution in [3.05, 3.63) is 59.8 Å². The standard InChI is InChI=1S/C23H25N3O4/c1-15(27)16-3-5-17(6-4-16)25-9-11-26(12-10-25)22(23(28)29)20-14-24-21-8-7-18(30-2)13-19(20)21/h3-8,13-14,22,24H,9-12H2,1-2H3,(H,28,29)/t22-/m0/s1. The molecule has 1 aliphatic heterocycles. The molecular weight excluding hydrogens is 382 g/mol. The first-order valence-corrected chi connectivity index (χ1v) is 9.96. The molecule has 0 spiro atoms. The first-order chi connectivity index (χ1) is 14.5. The Hall–Kier alpha value is -3.32.